The normalized spacial score (nSPS) is 56.1. The third-order valence-electron chi connectivity index (χ3n) is 6.67. The van der Waals surface area contributed by atoms with Crippen molar-refractivity contribution in [3.63, 3.8) is 0 Å². The minimum Gasteiger partial charge on any atom is -0.393 e. The molecular weight excluding hydrogens is 212 g/mol. The average Bonchev–Trinajstić information content (AvgIpc) is 2.53. The first-order chi connectivity index (χ1) is 7.78. The van der Waals surface area contributed by atoms with E-state index in [4.69, 9.17) is 0 Å². The lowest BCUT2D eigenvalue weighted by Crippen LogP contribution is -2.52. The van der Waals surface area contributed by atoms with Crippen molar-refractivity contribution in [2.45, 2.75) is 59.5 Å². The number of Topliss-reactive ketones (excluding diaryl/α,β-unsaturated/α-hetero) is 1. The quantitative estimate of drug-likeness (QED) is 0.702. The molecule has 0 heterocycles. The van der Waals surface area contributed by atoms with Crippen molar-refractivity contribution < 1.29 is 9.90 Å². The lowest BCUT2D eigenvalue weighted by molar-refractivity contribution is -0.148. The molecule has 3 aliphatic carbocycles. The summed E-state index contributed by atoms with van der Waals surface area (Å²) in [5, 5.41) is 10.4. The summed E-state index contributed by atoms with van der Waals surface area (Å²) in [6.45, 7) is 8.80. The van der Waals surface area contributed by atoms with E-state index in [1.54, 1.807) is 0 Å². The van der Waals surface area contributed by atoms with Gasteiger partial charge in [-0.15, -0.1) is 0 Å². The van der Waals surface area contributed by atoms with E-state index >= 15 is 0 Å². The molecule has 0 aliphatic heterocycles. The van der Waals surface area contributed by atoms with Gasteiger partial charge in [-0.2, -0.15) is 0 Å². The predicted octanol–water partition coefficient (Wildman–Crippen LogP) is 2.79. The molecule has 3 saturated carbocycles. The molecule has 3 aliphatic rings. The molecule has 0 radical (unpaired) electrons. The van der Waals surface area contributed by atoms with Gasteiger partial charge in [-0.1, -0.05) is 34.1 Å². The van der Waals surface area contributed by atoms with Crippen LogP contribution in [-0.4, -0.2) is 17.0 Å². The number of hydrogen-bond acceptors (Lipinski definition) is 2. The van der Waals surface area contributed by atoms with Crippen molar-refractivity contribution >= 4 is 5.78 Å². The molecule has 0 amide bonds. The average molecular weight is 236 g/mol. The van der Waals surface area contributed by atoms with E-state index in [-0.39, 0.29) is 34.2 Å². The molecule has 0 spiro atoms. The second kappa shape index (κ2) is 2.96. The van der Waals surface area contributed by atoms with Crippen molar-refractivity contribution in [3.8, 4) is 0 Å². The zero-order valence-corrected chi connectivity index (χ0v) is 11.4. The minimum atomic E-state index is -0.259. The largest absolute Gasteiger partial charge is 0.393 e. The van der Waals surface area contributed by atoms with E-state index in [0.717, 1.165) is 12.8 Å². The van der Waals surface area contributed by atoms with Crippen LogP contribution in [0.2, 0.25) is 0 Å². The first-order valence-corrected chi connectivity index (χ1v) is 7.00. The summed E-state index contributed by atoms with van der Waals surface area (Å²) in [6, 6.07) is 0. The number of carbonyl (C=O) groups excluding carboxylic acids is 1. The highest BCUT2D eigenvalue weighted by molar-refractivity contribution is 5.93. The van der Waals surface area contributed by atoms with Crippen LogP contribution in [0.25, 0.3) is 0 Å². The molecule has 0 unspecified atom stereocenters. The van der Waals surface area contributed by atoms with Crippen LogP contribution < -0.4 is 0 Å². The minimum absolute atomic E-state index is 0.0463. The number of aliphatic hydroxyl groups excluding tert-OH is 1. The van der Waals surface area contributed by atoms with Crippen LogP contribution in [0.15, 0.2) is 0 Å². The Morgan fingerprint density at radius 2 is 1.88 bits per heavy atom. The van der Waals surface area contributed by atoms with Crippen molar-refractivity contribution in [2.75, 3.05) is 0 Å². The fourth-order valence-electron chi connectivity index (χ4n) is 6.08. The first kappa shape index (κ1) is 11.7. The zero-order chi connectivity index (χ0) is 12.6. The Labute approximate surface area is 104 Å². The Morgan fingerprint density at radius 3 is 2.47 bits per heavy atom. The smallest absolute Gasteiger partial charge is 0.143 e. The zero-order valence-electron chi connectivity index (χ0n) is 11.4. The number of rotatable bonds is 0. The van der Waals surface area contributed by atoms with Gasteiger partial charge in [0.05, 0.1) is 6.10 Å². The first-order valence-electron chi connectivity index (χ1n) is 7.00. The molecule has 0 aromatic heterocycles. The molecule has 2 bridgehead atoms. The summed E-state index contributed by atoms with van der Waals surface area (Å²) >= 11 is 0. The fourth-order valence-corrected chi connectivity index (χ4v) is 6.08. The monoisotopic (exact) mass is 236 g/mol. The lowest BCUT2D eigenvalue weighted by Gasteiger charge is -2.54. The van der Waals surface area contributed by atoms with E-state index in [9.17, 15) is 9.90 Å². The molecule has 96 valence electrons. The summed E-state index contributed by atoms with van der Waals surface area (Å²) in [5.41, 5.74) is -0.149. The molecule has 2 heteroatoms. The van der Waals surface area contributed by atoms with Crippen LogP contribution >= 0.6 is 0 Å². The van der Waals surface area contributed by atoms with Crippen LogP contribution in [0.1, 0.15) is 53.4 Å². The SMILES string of the molecule is C[C@@H]1C(=O)[C@@]23C[C@@H](O)[C@@H]1[C@@]2(C)CCCC3(C)C. The van der Waals surface area contributed by atoms with Crippen molar-refractivity contribution in [3.05, 3.63) is 0 Å². The Hall–Kier alpha value is -0.370. The van der Waals surface area contributed by atoms with Crippen LogP contribution in [0.3, 0.4) is 0 Å². The summed E-state index contributed by atoms with van der Waals surface area (Å²) < 4.78 is 0. The van der Waals surface area contributed by atoms with Gasteiger partial charge in [-0.25, -0.2) is 0 Å². The molecule has 0 aromatic carbocycles. The highest BCUT2D eigenvalue weighted by Gasteiger charge is 2.77. The van der Waals surface area contributed by atoms with E-state index < -0.39 is 0 Å². The second-order valence-electron chi connectivity index (χ2n) is 7.51. The van der Waals surface area contributed by atoms with E-state index in [1.165, 1.54) is 6.42 Å². The maximum Gasteiger partial charge on any atom is 0.143 e. The van der Waals surface area contributed by atoms with Crippen molar-refractivity contribution in [1.82, 2.24) is 0 Å². The summed E-state index contributed by atoms with van der Waals surface area (Å²) in [7, 11) is 0. The summed E-state index contributed by atoms with van der Waals surface area (Å²) in [4.78, 5) is 12.8. The number of aliphatic hydroxyl groups is 1. The third-order valence-corrected chi connectivity index (χ3v) is 6.67. The Kier molecular flexibility index (Phi) is 2.04. The van der Waals surface area contributed by atoms with Gasteiger partial charge < -0.3 is 5.11 Å². The van der Waals surface area contributed by atoms with Gasteiger partial charge in [0.1, 0.15) is 5.78 Å². The van der Waals surface area contributed by atoms with E-state index in [2.05, 4.69) is 20.8 Å². The summed E-state index contributed by atoms with van der Waals surface area (Å²) in [6.07, 6.45) is 3.90. The number of ketones is 1. The molecule has 2 nitrogen and oxygen atoms in total. The van der Waals surface area contributed by atoms with Gasteiger partial charge in [0, 0.05) is 17.3 Å². The standard InChI is InChI=1S/C15H24O2/c1-9-11-10(16)8-15(12(9)17)13(2,3)6-5-7-14(11,15)4/h9-11,16H,5-8H2,1-4H3/t9-,10+,11+,14+,15+/m0/s1. The summed E-state index contributed by atoms with van der Waals surface area (Å²) in [5.74, 6) is 0.704. The van der Waals surface area contributed by atoms with Crippen molar-refractivity contribution in [1.29, 1.82) is 0 Å². The van der Waals surface area contributed by atoms with Crippen LogP contribution in [0, 0.1) is 28.1 Å². The van der Waals surface area contributed by atoms with Gasteiger partial charge in [0.25, 0.3) is 0 Å². The van der Waals surface area contributed by atoms with E-state index in [1.807, 2.05) is 6.92 Å². The predicted molar refractivity (Wildman–Crippen MR) is 66.5 cm³/mol. The Morgan fingerprint density at radius 1 is 1.24 bits per heavy atom. The van der Waals surface area contributed by atoms with Crippen LogP contribution in [0.4, 0.5) is 0 Å². The number of carbonyl (C=O) groups is 1. The number of hydrogen-bond donors (Lipinski definition) is 1. The van der Waals surface area contributed by atoms with Gasteiger partial charge in [-0.3, -0.25) is 4.79 Å². The van der Waals surface area contributed by atoms with Crippen molar-refractivity contribution in [2.24, 2.45) is 28.1 Å². The molecule has 17 heavy (non-hydrogen) atoms. The maximum atomic E-state index is 12.8. The fraction of sp³-hybridized carbons (Fsp3) is 0.933. The molecule has 0 aromatic rings. The van der Waals surface area contributed by atoms with Gasteiger partial charge >= 0.3 is 0 Å². The maximum absolute atomic E-state index is 12.8. The molecular formula is C15H24O2. The molecule has 3 fully saturated rings. The highest BCUT2D eigenvalue weighted by atomic mass is 16.3. The van der Waals surface area contributed by atoms with E-state index in [0.29, 0.717) is 12.2 Å². The molecule has 1 N–H and O–H groups in total. The highest BCUT2D eigenvalue weighted by Crippen LogP contribution is 2.76. The Balaban J connectivity index is 2.23. The topological polar surface area (TPSA) is 37.3 Å². The second-order valence-corrected chi connectivity index (χ2v) is 7.51. The lowest BCUT2D eigenvalue weighted by atomic mass is 9.48. The Bertz CT molecular complexity index is 386. The van der Waals surface area contributed by atoms with Gasteiger partial charge in [0.2, 0.25) is 0 Å². The van der Waals surface area contributed by atoms with Gasteiger partial charge in [-0.05, 0) is 30.1 Å². The van der Waals surface area contributed by atoms with Crippen LogP contribution in [0.5, 0.6) is 0 Å². The van der Waals surface area contributed by atoms with Crippen LogP contribution in [-0.2, 0) is 4.79 Å². The molecule has 0 saturated heterocycles. The third kappa shape index (κ3) is 0.973. The molecule has 5 atom stereocenters. The van der Waals surface area contributed by atoms with Gasteiger partial charge in [0.15, 0.2) is 0 Å². The molecule has 3 rings (SSSR count).